The van der Waals surface area contributed by atoms with Crippen molar-refractivity contribution in [2.45, 2.75) is 24.9 Å². The van der Waals surface area contributed by atoms with E-state index in [1.165, 1.54) is 6.07 Å². The van der Waals surface area contributed by atoms with Crippen molar-refractivity contribution in [3.63, 3.8) is 0 Å². The minimum Gasteiger partial charge on any atom is -0.324 e. The van der Waals surface area contributed by atoms with Crippen LogP contribution in [0.5, 0.6) is 0 Å². The summed E-state index contributed by atoms with van der Waals surface area (Å²) in [7, 11) is 0. The van der Waals surface area contributed by atoms with Crippen molar-refractivity contribution in [3.05, 3.63) is 50.4 Å². The Morgan fingerprint density at radius 3 is 2.83 bits per heavy atom. The van der Waals surface area contributed by atoms with Crippen LogP contribution in [-0.4, -0.2) is 21.6 Å². The van der Waals surface area contributed by atoms with Gasteiger partial charge in [-0.3, -0.25) is 9.59 Å². The molecule has 0 aliphatic heterocycles. The van der Waals surface area contributed by atoms with Gasteiger partial charge >= 0.3 is 0 Å². The second kappa shape index (κ2) is 7.86. The first-order valence-electron chi connectivity index (χ1n) is 6.84. The summed E-state index contributed by atoms with van der Waals surface area (Å²) in [5.74, 6) is -0.0413. The van der Waals surface area contributed by atoms with E-state index >= 15 is 0 Å². The number of halogens is 2. The molecule has 0 bridgehead atoms. The van der Waals surface area contributed by atoms with E-state index in [-0.39, 0.29) is 23.1 Å². The molecule has 2 aromatic rings. The topological polar surface area (TPSA) is 74.8 Å². The molecule has 23 heavy (non-hydrogen) atoms. The smallest absolute Gasteiger partial charge is 0.251 e. The van der Waals surface area contributed by atoms with Gasteiger partial charge in [-0.25, -0.2) is 4.98 Å². The van der Waals surface area contributed by atoms with Crippen LogP contribution in [0.4, 0.5) is 5.69 Å². The second-order valence-electron chi connectivity index (χ2n) is 5.07. The average molecular weight is 372 g/mol. The number of nitrogens with zero attached hydrogens (tertiary/aromatic N) is 1. The SMILES string of the molecule is CC(C)c1cc(=O)[nH]c(SCC(=O)Nc2cccc(Cl)c2Cl)n1. The molecule has 8 heteroatoms. The minimum atomic E-state index is -0.267. The Labute approximate surface area is 147 Å². The third-order valence-electron chi connectivity index (χ3n) is 2.90. The molecule has 0 aliphatic carbocycles. The molecule has 2 rings (SSSR count). The third-order valence-corrected chi connectivity index (χ3v) is 4.59. The fourth-order valence-electron chi connectivity index (χ4n) is 1.74. The summed E-state index contributed by atoms with van der Waals surface area (Å²) in [6, 6.07) is 6.46. The quantitative estimate of drug-likeness (QED) is 0.616. The molecule has 2 N–H and O–H groups in total. The van der Waals surface area contributed by atoms with E-state index in [4.69, 9.17) is 23.2 Å². The maximum Gasteiger partial charge on any atom is 0.251 e. The maximum absolute atomic E-state index is 12.0. The first-order valence-corrected chi connectivity index (χ1v) is 8.59. The number of anilines is 1. The number of amides is 1. The van der Waals surface area contributed by atoms with E-state index in [9.17, 15) is 9.59 Å². The molecule has 122 valence electrons. The maximum atomic E-state index is 12.0. The molecular formula is C15H15Cl2N3O2S. The molecule has 0 radical (unpaired) electrons. The fourth-order valence-corrected chi connectivity index (χ4v) is 2.77. The summed E-state index contributed by atoms with van der Waals surface area (Å²) in [4.78, 5) is 30.5. The standard InChI is InChI=1S/C15H15Cl2N3O2S/c1-8(2)11-6-12(21)20-15(19-11)23-7-13(22)18-10-5-3-4-9(16)14(10)17/h3-6,8H,7H2,1-2H3,(H,18,22)(H,19,20,21). The highest BCUT2D eigenvalue weighted by Gasteiger charge is 2.11. The van der Waals surface area contributed by atoms with Crippen molar-refractivity contribution >= 4 is 46.6 Å². The number of carbonyl (C=O) groups excluding carboxylic acids is 1. The first kappa shape index (κ1) is 17.8. The zero-order chi connectivity index (χ0) is 17.0. The Bertz CT molecular complexity index is 778. The zero-order valence-corrected chi connectivity index (χ0v) is 14.9. The van der Waals surface area contributed by atoms with E-state index in [0.29, 0.717) is 26.6 Å². The second-order valence-corrected chi connectivity index (χ2v) is 6.82. The molecule has 0 unspecified atom stereocenters. The van der Waals surface area contributed by atoms with Crippen LogP contribution in [0.25, 0.3) is 0 Å². The van der Waals surface area contributed by atoms with Gasteiger partial charge < -0.3 is 10.3 Å². The van der Waals surface area contributed by atoms with Gasteiger partial charge in [0.05, 0.1) is 27.2 Å². The highest BCUT2D eigenvalue weighted by molar-refractivity contribution is 7.99. The lowest BCUT2D eigenvalue weighted by Crippen LogP contribution is -2.16. The summed E-state index contributed by atoms with van der Waals surface area (Å²) in [6.07, 6.45) is 0. The van der Waals surface area contributed by atoms with Gasteiger partial charge in [-0.1, -0.05) is 54.9 Å². The summed E-state index contributed by atoms with van der Waals surface area (Å²) < 4.78 is 0. The van der Waals surface area contributed by atoms with Gasteiger partial charge in [0, 0.05) is 6.07 Å². The zero-order valence-electron chi connectivity index (χ0n) is 12.5. The third kappa shape index (κ3) is 4.99. The van der Waals surface area contributed by atoms with E-state index in [0.717, 1.165) is 11.8 Å². The normalized spacial score (nSPS) is 10.8. The number of hydrogen-bond acceptors (Lipinski definition) is 4. The van der Waals surface area contributed by atoms with Crippen molar-refractivity contribution in [2.24, 2.45) is 0 Å². The number of benzene rings is 1. The van der Waals surface area contributed by atoms with Crippen molar-refractivity contribution in [3.8, 4) is 0 Å². The number of thioether (sulfide) groups is 1. The molecule has 0 fully saturated rings. The molecule has 0 spiro atoms. The predicted octanol–water partition coefficient (Wildman–Crippen LogP) is 3.93. The largest absolute Gasteiger partial charge is 0.324 e. The molecule has 1 aromatic heterocycles. The van der Waals surface area contributed by atoms with Crippen molar-refractivity contribution in [1.82, 2.24) is 9.97 Å². The lowest BCUT2D eigenvalue weighted by atomic mass is 10.1. The molecule has 5 nitrogen and oxygen atoms in total. The number of nitrogens with one attached hydrogen (secondary N) is 2. The van der Waals surface area contributed by atoms with Crippen molar-refractivity contribution in [1.29, 1.82) is 0 Å². The molecular weight excluding hydrogens is 357 g/mol. The molecule has 0 saturated heterocycles. The Morgan fingerprint density at radius 2 is 2.13 bits per heavy atom. The highest BCUT2D eigenvalue weighted by atomic mass is 35.5. The van der Waals surface area contributed by atoms with Gasteiger partial charge in [0.25, 0.3) is 5.56 Å². The van der Waals surface area contributed by atoms with Crippen LogP contribution in [0, 0.1) is 0 Å². The summed E-state index contributed by atoms with van der Waals surface area (Å²) in [5, 5.41) is 3.75. The number of hydrogen-bond donors (Lipinski definition) is 2. The van der Waals surface area contributed by atoms with Crippen LogP contribution in [0.2, 0.25) is 10.0 Å². The van der Waals surface area contributed by atoms with Crippen LogP contribution >= 0.6 is 35.0 Å². The molecule has 0 atom stereocenters. The van der Waals surface area contributed by atoms with Crippen LogP contribution in [0.3, 0.4) is 0 Å². The van der Waals surface area contributed by atoms with Gasteiger partial charge in [0.2, 0.25) is 5.91 Å². The average Bonchev–Trinajstić information content (AvgIpc) is 2.49. The Morgan fingerprint density at radius 1 is 1.39 bits per heavy atom. The van der Waals surface area contributed by atoms with Gasteiger partial charge in [-0.15, -0.1) is 0 Å². The number of aromatic nitrogens is 2. The number of H-pyrrole nitrogens is 1. The lowest BCUT2D eigenvalue weighted by Gasteiger charge is -2.08. The fraction of sp³-hybridized carbons (Fsp3) is 0.267. The molecule has 1 amide bonds. The van der Waals surface area contributed by atoms with Gasteiger partial charge in [0.15, 0.2) is 5.16 Å². The number of carbonyl (C=O) groups is 1. The lowest BCUT2D eigenvalue weighted by molar-refractivity contribution is -0.113. The Balaban J connectivity index is 2.02. The number of rotatable bonds is 5. The van der Waals surface area contributed by atoms with Crippen molar-refractivity contribution in [2.75, 3.05) is 11.1 Å². The summed E-state index contributed by atoms with van der Waals surface area (Å²) >= 11 is 13.1. The predicted molar refractivity (Wildman–Crippen MR) is 94.8 cm³/mol. The van der Waals surface area contributed by atoms with E-state index < -0.39 is 0 Å². The van der Waals surface area contributed by atoms with Gasteiger partial charge in [-0.2, -0.15) is 0 Å². The molecule has 0 aliphatic rings. The Hall–Kier alpha value is -1.50. The first-order chi connectivity index (χ1) is 10.9. The summed E-state index contributed by atoms with van der Waals surface area (Å²) in [5.41, 5.74) is 0.904. The van der Waals surface area contributed by atoms with Crippen molar-refractivity contribution < 1.29 is 4.79 Å². The summed E-state index contributed by atoms with van der Waals surface area (Å²) in [6.45, 7) is 3.90. The van der Waals surface area contributed by atoms with E-state index in [2.05, 4.69) is 15.3 Å². The van der Waals surface area contributed by atoms with Crippen LogP contribution in [0.15, 0.2) is 34.2 Å². The van der Waals surface area contributed by atoms with Gasteiger partial charge in [0.1, 0.15) is 0 Å². The van der Waals surface area contributed by atoms with Crippen LogP contribution in [-0.2, 0) is 4.79 Å². The monoisotopic (exact) mass is 371 g/mol. The molecule has 0 saturated carbocycles. The Kier molecular flexibility index (Phi) is 6.10. The van der Waals surface area contributed by atoms with Crippen LogP contribution < -0.4 is 10.9 Å². The highest BCUT2D eigenvalue weighted by Crippen LogP contribution is 2.29. The molecule has 1 heterocycles. The van der Waals surface area contributed by atoms with Crippen LogP contribution in [0.1, 0.15) is 25.5 Å². The number of aromatic amines is 1. The van der Waals surface area contributed by atoms with E-state index in [1.807, 2.05) is 13.8 Å². The minimum absolute atomic E-state index is 0.0906. The van der Waals surface area contributed by atoms with Gasteiger partial charge in [-0.05, 0) is 18.1 Å². The van der Waals surface area contributed by atoms with E-state index in [1.54, 1.807) is 18.2 Å². The molecule has 1 aromatic carbocycles.